The summed E-state index contributed by atoms with van der Waals surface area (Å²) in [4.78, 5) is 28.9. The molecule has 0 saturated carbocycles. The summed E-state index contributed by atoms with van der Waals surface area (Å²) in [6.07, 6.45) is 0. The van der Waals surface area contributed by atoms with Gasteiger partial charge in [-0.3, -0.25) is 14.2 Å². The zero-order chi connectivity index (χ0) is 20.1. The molecule has 0 aliphatic carbocycles. The number of ether oxygens (including phenoxy) is 1. The van der Waals surface area contributed by atoms with E-state index in [1.165, 1.54) is 28.5 Å². The number of hydrogen-bond donors (Lipinski definition) is 1. The fraction of sp³-hybridized carbons (Fsp3) is 0.211. The van der Waals surface area contributed by atoms with Crippen molar-refractivity contribution in [1.29, 1.82) is 0 Å². The predicted octanol–water partition coefficient (Wildman–Crippen LogP) is 2.94. The fourth-order valence-electron chi connectivity index (χ4n) is 2.50. The van der Waals surface area contributed by atoms with Crippen molar-refractivity contribution in [2.24, 2.45) is 7.05 Å². The van der Waals surface area contributed by atoms with Gasteiger partial charge in [0.25, 0.3) is 5.56 Å². The highest BCUT2D eigenvalue weighted by atomic mass is 32.2. The van der Waals surface area contributed by atoms with Gasteiger partial charge in [-0.05, 0) is 29.8 Å². The van der Waals surface area contributed by atoms with Crippen LogP contribution in [0.1, 0.15) is 5.56 Å². The highest BCUT2D eigenvalue weighted by Gasteiger charge is 2.11. The lowest BCUT2D eigenvalue weighted by molar-refractivity contribution is -0.118. The van der Waals surface area contributed by atoms with E-state index in [1.54, 1.807) is 43.4 Å². The molecule has 9 heteroatoms. The molecule has 0 unspecified atom stereocenters. The average molecular weight is 405 g/mol. The zero-order valence-corrected chi connectivity index (χ0v) is 15.7. The quantitative estimate of drug-likeness (QED) is 0.483. The second kappa shape index (κ2) is 8.83. The van der Waals surface area contributed by atoms with Crippen molar-refractivity contribution < 1.29 is 18.3 Å². The van der Waals surface area contributed by atoms with Crippen LogP contribution in [0.4, 0.5) is 8.78 Å². The SMILES string of the molecule is Cn1c(SCC(=O)NCc2ccc(OC(F)F)cc2)nc2ccccc2c1=O. The van der Waals surface area contributed by atoms with Crippen LogP contribution in [0.15, 0.2) is 58.5 Å². The molecule has 3 rings (SSSR count). The monoisotopic (exact) mass is 405 g/mol. The lowest BCUT2D eigenvalue weighted by Crippen LogP contribution is -2.25. The van der Waals surface area contributed by atoms with E-state index in [-0.39, 0.29) is 29.5 Å². The summed E-state index contributed by atoms with van der Waals surface area (Å²) >= 11 is 1.17. The van der Waals surface area contributed by atoms with Crippen LogP contribution in [-0.2, 0) is 18.4 Å². The van der Waals surface area contributed by atoms with Gasteiger partial charge in [-0.15, -0.1) is 0 Å². The summed E-state index contributed by atoms with van der Waals surface area (Å²) in [6.45, 7) is -2.62. The minimum atomic E-state index is -2.87. The smallest absolute Gasteiger partial charge is 0.387 e. The first kappa shape index (κ1) is 19.8. The lowest BCUT2D eigenvalue weighted by atomic mass is 10.2. The molecule has 1 N–H and O–H groups in total. The number of halogens is 2. The Bertz CT molecular complexity index is 1040. The van der Waals surface area contributed by atoms with Crippen molar-refractivity contribution in [1.82, 2.24) is 14.9 Å². The van der Waals surface area contributed by atoms with Crippen LogP contribution in [0.3, 0.4) is 0 Å². The number of hydrogen-bond acceptors (Lipinski definition) is 5. The molecule has 6 nitrogen and oxygen atoms in total. The minimum Gasteiger partial charge on any atom is -0.435 e. The largest absolute Gasteiger partial charge is 0.435 e. The molecule has 1 heterocycles. The molecule has 0 radical (unpaired) electrons. The van der Waals surface area contributed by atoms with Crippen LogP contribution < -0.4 is 15.6 Å². The van der Waals surface area contributed by atoms with E-state index in [2.05, 4.69) is 15.0 Å². The summed E-state index contributed by atoms with van der Waals surface area (Å²) in [5.41, 5.74) is 1.16. The summed E-state index contributed by atoms with van der Waals surface area (Å²) in [5.74, 6) is -0.0881. The zero-order valence-electron chi connectivity index (χ0n) is 14.9. The first-order valence-electron chi connectivity index (χ1n) is 8.33. The topological polar surface area (TPSA) is 73.2 Å². The Morgan fingerprint density at radius 2 is 1.93 bits per heavy atom. The number of nitrogens with one attached hydrogen (secondary N) is 1. The Hall–Kier alpha value is -2.94. The van der Waals surface area contributed by atoms with Gasteiger partial charge in [-0.1, -0.05) is 36.0 Å². The molecule has 146 valence electrons. The fourth-order valence-corrected chi connectivity index (χ4v) is 3.30. The number of nitrogens with zero attached hydrogens (tertiary/aromatic N) is 2. The number of carbonyl (C=O) groups is 1. The van der Waals surface area contributed by atoms with E-state index in [9.17, 15) is 18.4 Å². The number of carbonyl (C=O) groups excluding carboxylic acids is 1. The maximum absolute atomic E-state index is 12.4. The maximum Gasteiger partial charge on any atom is 0.387 e. The number of amides is 1. The molecule has 0 saturated heterocycles. The van der Waals surface area contributed by atoms with Crippen molar-refractivity contribution in [2.45, 2.75) is 18.3 Å². The Kier molecular flexibility index (Phi) is 6.25. The van der Waals surface area contributed by atoms with Crippen LogP contribution in [0.25, 0.3) is 10.9 Å². The highest BCUT2D eigenvalue weighted by molar-refractivity contribution is 7.99. The van der Waals surface area contributed by atoms with Gasteiger partial charge < -0.3 is 10.1 Å². The van der Waals surface area contributed by atoms with Crippen LogP contribution >= 0.6 is 11.8 Å². The van der Waals surface area contributed by atoms with E-state index in [0.29, 0.717) is 16.1 Å². The number of benzene rings is 2. The summed E-state index contributed by atoms with van der Waals surface area (Å²) in [7, 11) is 1.62. The molecule has 0 spiro atoms. The number of rotatable bonds is 7. The van der Waals surface area contributed by atoms with E-state index in [1.807, 2.05) is 0 Å². The number of fused-ring (bicyclic) bond motifs is 1. The summed E-state index contributed by atoms with van der Waals surface area (Å²) < 4.78 is 30.0. The average Bonchev–Trinajstić information content (AvgIpc) is 2.68. The number of alkyl halides is 2. The molecule has 1 amide bonds. The van der Waals surface area contributed by atoms with E-state index in [0.717, 1.165) is 5.56 Å². The van der Waals surface area contributed by atoms with Crippen LogP contribution in [0, 0.1) is 0 Å². The molecule has 2 aromatic carbocycles. The third-order valence-corrected chi connectivity index (χ3v) is 4.94. The first-order chi connectivity index (χ1) is 13.4. The second-order valence-corrected chi connectivity index (χ2v) is 6.81. The van der Waals surface area contributed by atoms with Crippen molar-refractivity contribution >= 4 is 28.6 Å². The molecule has 3 aromatic rings. The standard InChI is InChI=1S/C19H17F2N3O3S/c1-24-17(26)14-4-2-3-5-15(14)23-19(24)28-11-16(25)22-10-12-6-8-13(9-7-12)27-18(20)21/h2-9,18H,10-11H2,1H3,(H,22,25). The van der Waals surface area contributed by atoms with Gasteiger partial charge in [0.05, 0.1) is 16.7 Å². The van der Waals surface area contributed by atoms with Gasteiger partial charge in [-0.2, -0.15) is 8.78 Å². The minimum absolute atomic E-state index is 0.0592. The third-order valence-electron chi connectivity index (χ3n) is 3.91. The van der Waals surface area contributed by atoms with Crippen molar-refractivity contribution in [3.8, 4) is 5.75 Å². The Morgan fingerprint density at radius 1 is 1.21 bits per heavy atom. The van der Waals surface area contributed by atoms with Crippen LogP contribution in [-0.4, -0.2) is 27.8 Å². The van der Waals surface area contributed by atoms with Gasteiger partial charge in [0.1, 0.15) is 5.75 Å². The second-order valence-electron chi connectivity index (χ2n) is 5.86. The molecular weight excluding hydrogens is 388 g/mol. The van der Waals surface area contributed by atoms with Crippen LogP contribution in [0.5, 0.6) is 5.75 Å². The van der Waals surface area contributed by atoms with E-state index < -0.39 is 6.61 Å². The molecule has 1 aromatic heterocycles. The van der Waals surface area contributed by atoms with Gasteiger partial charge in [0.15, 0.2) is 5.16 Å². The van der Waals surface area contributed by atoms with Gasteiger partial charge in [0, 0.05) is 13.6 Å². The molecule has 0 bridgehead atoms. The molecule has 28 heavy (non-hydrogen) atoms. The summed E-state index contributed by atoms with van der Waals surface area (Å²) in [6, 6.07) is 13.1. The van der Waals surface area contributed by atoms with E-state index >= 15 is 0 Å². The van der Waals surface area contributed by atoms with Crippen LogP contribution in [0.2, 0.25) is 0 Å². The van der Waals surface area contributed by atoms with Crippen molar-refractivity contribution in [3.63, 3.8) is 0 Å². The number of aromatic nitrogens is 2. The Labute approximate surface area is 163 Å². The molecule has 0 atom stereocenters. The molecule has 0 fully saturated rings. The van der Waals surface area contributed by atoms with Gasteiger partial charge in [0.2, 0.25) is 5.91 Å². The number of para-hydroxylation sites is 1. The summed E-state index contributed by atoms with van der Waals surface area (Å²) in [5, 5.41) is 3.71. The molecule has 0 aliphatic rings. The molecule has 0 aliphatic heterocycles. The third kappa shape index (κ3) is 4.86. The predicted molar refractivity (Wildman–Crippen MR) is 103 cm³/mol. The maximum atomic E-state index is 12.4. The lowest BCUT2D eigenvalue weighted by Gasteiger charge is -2.09. The Balaban J connectivity index is 1.57. The van der Waals surface area contributed by atoms with Crippen molar-refractivity contribution in [3.05, 3.63) is 64.4 Å². The number of thioether (sulfide) groups is 1. The van der Waals surface area contributed by atoms with Gasteiger partial charge >= 0.3 is 6.61 Å². The highest BCUT2D eigenvalue weighted by Crippen LogP contribution is 2.17. The van der Waals surface area contributed by atoms with Gasteiger partial charge in [-0.25, -0.2) is 4.98 Å². The normalized spacial score (nSPS) is 11.0. The molecular formula is C19H17F2N3O3S. The van der Waals surface area contributed by atoms with E-state index in [4.69, 9.17) is 0 Å². The Morgan fingerprint density at radius 3 is 2.64 bits per heavy atom. The van der Waals surface area contributed by atoms with Crippen molar-refractivity contribution in [2.75, 3.05) is 5.75 Å². The first-order valence-corrected chi connectivity index (χ1v) is 9.31.